The topological polar surface area (TPSA) is 380 Å². The van der Waals surface area contributed by atoms with Crippen molar-refractivity contribution in [1.29, 1.82) is 15.8 Å². The molecule has 5 aromatic heterocycles. The lowest BCUT2D eigenvalue weighted by Crippen LogP contribution is -2.34. The van der Waals surface area contributed by atoms with Gasteiger partial charge in [-0.05, 0) is 207 Å². The Balaban J connectivity index is 0.000000153. The van der Waals surface area contributed by atoms with Crippen molar-refractivity contribution >= 4 is 106 Å². The number of aromatic hydroxyl groups is 2. The molecule has 9 aromatic carbocycles. The lowest BCUT2D eigenvalue weighted by atomic mass is 9.93. The summed E-state index contributed by atoms with van der Waals surface area (Å²) in [6, 6.07) is 59.6. The first-order valence-corrected chi connectivity index (χ1v) is 42.2. The van der Waals surface area contributed by atoms with Gasteiger partial charge in [0.1, 0.15) is 82.3 Å². The Morgan fingerprint density at radius 3 is 1.55 bits per heavy atom. The van der Waals surface area contributed by atoms with Crippen LogP contribution in [0.3, 0.4) is 0 Å². The van der Waals surface area contributed by atoms with Crippen LogP contribution in [0.4, 0.5) is 17.1 Å². The number of phenolic OH excluding ortho intramolecular Hbond substituents is 2. The molecule has 32 heteroatoms. The number of ether oxygens (including phenoxy) is 8. The Hall–Kier alpha value is -15.6. The van der Waals surface area contributed by atoms with Gasteiger partial charge in [-0.25, -0.2) is 0 Å². The Kier molecular flexibility index (Phi) is 30.8. The van der Waals surface area contributed by atoms with Crippen LogP contribution in [0.25, 0.3) is 71.6 Å². The summed E-state index contributed by atoms with van der Waals surface area (Å²) >= 11 is 2.18. The molecule has 668 valence electrons. The maximum Gasteiger partial charge on any atom is 0.308 e. The molecule has 0 saturated carbocycles. The van der Waals surface area contributed by atoms with Crippen LogP contribution in [0.2, 0.25) is 0 Å². The SMILES string of the molecule is CC(=O)OCc1c(OC(C)=O)ccc2c([N+](=O)[O-])c(C)n(-c3ccc(C)cc3)c12.CC(C)n1cc(C#N)c2ccc(O)cc21.CCn1cc(C#N)c2ccc(OC)cc21.COC1=CC2C(C=C1)C([N+](=O)[O-])=C(CI)N2c1ccc(OC)cc1.COc1ccc(-n2c(C)c([N+](=O)[O-])c3cc(CN(C)C)c(O)cc32)cc1.COc1ccc(-n2cc(C#N)c3ccc(OC)cc32)cc1. The third-order valence-corrected chi connectivity index (χ3v) is 22.4. The number of aromatic nitrogens is 5. The van der Waals surface area contributed by atoms with Gasteiger partial charge in [0.15, 0.2) is 0 Å². The Morgan fingerprint density at radius 2 is 1.04 bits per heavy atom. The number of alkyl halides is 1. The lowest BCUT2D eigenvalue weighted by molar-refractivity contribution is -0.431. The van der Waals surface area contributed by atoms with Crippen LogP contribution in [0.1, 0.15) is 85.4 Å². The third-order valence-electron chi connectivity index (χ3n) is 21.7. The molecule has 2 atom stereocenters. The van der Waals surface area contributed by atoms with Gasteiger partial charge >= 0.3 is 11.9 Å². The molecule has 0 radical (unpaired) electrons. The molecule has 0 saturated heterocycles. The number of halogens is 1. The van der Waals surface area contributed by atoms with Crippen molar-refractivity contribution in [3.05, 3.63) is 305 Å². The highest BCUT2D eigenvalue weighted by molar-refractivity contribution is 14.1. The first kappa shape index (κ1) is 95.1. The average molecular weight is 1870 g/mol. The van der Waals surface area contributed by atoms with Crippen molar-refractivity contribution in [1.82, 2.24) is 27.7 Å². The first-order chi connectivity index (χ1) is 62.3. The molecule has 130 heavy (non-hydrogen) atoms. The average Bonchev–Trinajstić information content (AvgIpc) is 1.59. The number of nitriles is 3. The van der Waals surface area contributed by atoms with Crippen LogP contribution >= 0.6 is 22.6 Å². The van der Waals surface area contributed by atoms with Crippen LogP contribution in [0.15, 0.2) is 230 Å². The first-order valence-electron chi connectivity index (χ1n) is 40.7. The maximum absolute atomic E-state index is 11.8. The zero-order valence-electron chi connectivity index (χ0n) is 74.4. The number of carbonyl (C=O) groups is 2. The highest BCUT2D eigenvalue weighted by atomic mass is 127. The maximum atomic E-state index is 11.8. The predicted octanol–water partition coefficient (Wildman–Crippen LogP) is 20.2. The number of benzene rings is 9. The fourth-order valence-electron chi connectivity index (χ4n) is 15.7. The zero-order chi connectivity index (χ0) is 94.2. The van der Waals surface area contributed by atoms with E-state index in [2.05, 4.69) is 52.3 Å². The Bertz CT molecular complexity index is 6840. The minimum absolute atomic E-state index is 0.0517. The van der Waals surface area contributed by atoms with Crippen molar-refractivity contribution in [3.63, 3.8) is 0 Å². The summed E-state index contributed by atoms with van der Waals surface area (Å²) in [5.74, 6) is 3.73. The van der Waals surface area contributed by atoms with Crippen LogP contribution in [-0.4, -0.2) is 132 Å². The number of anilines is 1. The van der Waals surface area contributed by atoms with Gasteiger partial charge in [-0.2, -0.15) is 15.8 Å². The summed E-state index contributed by atoms with van der Waals surface area (Å²) < 4.78 is 51.9. The van der Waals surface area contributed by atoms with Gasteiger partial charge in [-0.15, -0.1) is 0 Å². The molecule has 1 aliphatic heterocycles. The molecule has 1 aliphatic carbocycles. The molecule has 16 rings (SSSR count). The third kappa shape index (κ3) is 20.6. The summed E-state index contributed by atoms with van der Waals surface area (Å²) in [5.41, 5.74) is 13.3. The number of phenols is 2. The minimum atomic E-state index is -0.548. The molecule has 6 heterocycles. The number of methoxy groups -OCH3 is 6. The summed E-state index contributed by atoms with van der Waals surface area (Å²) in [4.78, 5) is 61.0. The molecule has 0 spiro atoms. The van der Waals surface area contributed by atoms with E-state index in [1.807, 2.05) is 206 Å². The molecule has 0 bridgehead atoms. The summed E-state index contributed by atoms with van der Waals surface area (Å²) in [5, 5.41) is 85.9. The molecular formula is C98H96IN13O18. The number of esters is 2. The monoisotopic (exact) mass is 1870 g/mol. The largest absolute Gasteiger partial charge is 0.508 e. The van der Waals surface area contributed by atoms with Gasteiger partial charge in [0, 0.05) is 125 Å². The Morgan fingerprint density at radius 1 is 0.546 bits per heavy atom. The highest BCUT2D eigenvalue weighted by Gasteiger charge is 2.47. The van der Waals surface area contributed by atoms with E-state index in [0.29, 0.717) is 83.6 Å². The van der Waals surface area contributed by atoms with Gasteiger partial charge in [-0.1, -0.05) is 46.4 Å². The second kappa shape index (κ2) is 42.1. The smallest absolute Gasteiger partial charge is 0.308 e. The molecule has 0 amide bonds. The van der Waals surface area contributed by atoms with Gasteiger partial charge in [0.05, 0.1) is 141 Å². The normalized spacial score (nSPS) is 12.9. The second-order valence-electron chi connectivity index (χ2n) is 30.4. The summed E-state index contributed by atoms with van der Waals surface area (Å²) in [6.07, 6.45) is 11.1. The molecule has 2 unspecified atom stereocenters. The fraction of sp³-hybridized carbons (Fsp3) is 0.235. The lowest BCUT2D eigenvalue weighted by Gasteiger charge is -2.30. The van der Waals surface area contributed by atoms with E-state index >= 15 is 0 Å². The quantitative estimate of drug-likeness (QED) is 0.0168. The molecule has 2 N–H and O–H groups in total. The summed E-state index contributed by atoms with van der Waals surface area (Å²) in [6.45, 7) is 15.1. The standard InChI is InChI=1S/C21H20N2O6.C19H21N3O4.C17H17IN2O4.C17H14N2O2.2C12H12N2O/c1-12-5-7-16(8-6-12)22-13(2)20(23(26)27)17-9-10-19(29-15(4)25)18(21(17)22)11-28-14(3)24;1-12-19(22(24)25)16-9-13(11-20(2)3)18(23)10-17(16)21(12)14-5-7-15(26-4)8-6-14;1-23-12-5-3-11(4-6-12)19-15-9-13(24-2)7-8-14(15)17(20(21)22)16(19)10-18;1-20-14-5-3-13(4-6-14)19-11-12(10-18)16-8-7-15(21-2)9-17(16)19;1-8(2)14-7-9(6-13)11-4-3-10(15)5-12(11)14;1-3-14-8-9(7-13)11-5-4-10(15-2)6-12(11)14/h5-10H,11H2,1-4H3;5-10,23H,11H2,1-4H3;3-9,14-15H,10H2,1-2H3;3-9,11H,1-2H3;3-5,7-8,15H,1-2H3;4-6,8H,3H2,1-2H3. The number of rotatable bonds is 21. The van der Waals surface area contributed by atoms with E-state index in [9.17, 15) is 55.4 Å². The van der Waals surface area contributed by atoms with E-state index in [0.717, 1.165) is 96.1 Å². The van der Waals surface area contributed by atoms with Gasteiger partial charge < -0.3 is 80.7 Å². The number of fused-ring (bicyclic) bond motifs is 6. The molecule has 31 nitrogen and oxygen atoms in total. The van der Waals surface area contributed by atoms with Crippen molar-refractivity contribution in [2.45, 2.75) is 87.2 Å². The van der Waals surface area contributed by atoms with Crippen molar-refractivity contribution < 1.29 is 72.5 Å². The molecular weight excluding hydrogens is 1770 g/mol. The number of hydrogen-bond acceptors (Lipinski definition) is 23. The summed E-state index contributed by atoms with van der Waals surface area (Å²) in [7, 11) is 13.5. The Labute approximate surface area is 762 Å². The van der Waals surface area contributed by atoms with E-state index < -0.39 is 16.9 Å². The molecule has 14 aromatic rings. The highest BCUT2D eigenvalue weighted by Crippen LogP contribution is 2.46. The van der Waals surface area contributed by atoms with Gasteiger partial charge in [-0.3, -0.25) is 39.9 Å². The van der Waals surface area contributed by atoms with Crippen LogP contribution < -0.4 is 33.3 Å². The van der Waals surface area contributed by atoms with Crippen LogP contribution in [0.5, 0.6) is 46.0 Å². The van der Waals surface area contributed by atoms with Crippen LogP contribution in [-0.2, 0) is 38.8 Å². The number of aryl methyl sites for hydroxylation is 2. The number of nitrogens with zero attached hydrogens (tertiary/aromatic N) is 13. The number of hydrogen-bond donors (Lipinski definition) is 2. The van der Waals surface area contributed by atoms with Crippen molar-refractivity contribution in [3.8, 4) is 81.3 Å². The van der Waals surface area contributed by atoms with Crippen molar-refractivity contribution in [2.75, 3.05) is 66.1 Å². The number of allylic oxidation sites excluding steroid dienone is 2. The molecule has 2 aliphatic rings. The van der Waals surface area contributed by atoms with Gasteiger partial charge in [0.25, 0.3) is 17.1 Å². The number of carbonyl (C=O) groups excluding carboxylic acids is 2. The van der Waals surface area contributed by atoms with Crippen molar-refractivity contribution in [2.24, 2.45) is 5.92 Å². The number of nitro groups is 3. The van der Waals surface area contributed by atoms with Crippen LogP contribution in [0, 0.1) is 91.0 Å². The molecule has 0 fully saturated rings. The van der Waals surface area contributed by atoms with Gasteiger partial charge in [0.2, 0.25) is 0 Å². The van der Waals surface area contributed by atoms with E-state index in [-0.39, 0.29) is 68.8 Å². The fourth-order valence-corrected chi connectivity index (χ4v) is 16.4. The zero-order valence-corrected chi connectivity index (χ0v) is 76.5. The van der Waals surface area contributed by atoms with E-state index in [1.54, 1.807) is 120 Å². The predicted molar refractivity (Wildman–Crippen MR) is 505 cm³/mol. The second-order valence-corrected chi connectivity index (χ2v) is 31.1. The van der Waals surface area contributed by atoms with E-state index in [1.165, 1.54) is 19.9 Å². The van der Waals surface area contributed by atoms with E-state index in [4.69, 9.17) is 48.4 Å². The minimum Gasteiger partial charge on any atom is -0.508 e.